The second-order valence-electron chi connectivity index (χ2n) is 6.51. The molecule has 0 aliphatic heterocycles. The quantitative estimate of drug-likeness (QED) is 0.817. The Bertz CT molecular complexity index is 503. The van der Waals surface area contributed by atoms with Crippen LogP contribution in [0.25, 0.3) is 0 Å². The topological polar surface area (TPSA) is 111 Å². The zero-order valence-electron chi connectivity index (χ0n) is 13.3. The van der Waals surface area contributed by atoms with E-state index in [1.807, 2.05) is 13.8 Å². The highest BCUT2D eigenvalue weighted by atomic mass is 16.5. The van der Waals surface area contributed by atoms with E-state index in [1.165, 1.54) is 0 Å². The van der Waals surface area contributed by atoms with E-state index in [9.17, 15) is 9.59 Å². The van der Waals surface area contributed by atoms with E-state index in [0.29, 0.717) is 18.8 Å². The van der Waals surface area contributed by atoms with E-state index < -0.39 is 5.91 Å². The Kier molecular flexibility index (Phi) is 5.46. The standard InChI is InChI=1S/C14H24N4O3/c1-8(2)10(14(3,4)5)12(20)16-7-6-9-17-13(11(15)19)21-18-9/h8,10H,6-7H2,1-5H3,(H2,15,19)(H,16,20). The van der Waals surface area contributed by atoms with Crippen molar-refractivity contribution < 1.29 is 14.1 Å². The van der Waals surface area contributed by atoms with Crippen LogP contribution in [-0.4, -0.2) is 28.5 Å². The van der Waals surface area contributed by atoms with Crippen LogP contribution in [0.3, 0.4) is 0 Å². The Labute approximate surface area is 124 Å². The van der Waals surface area contributed by atoms with E-state index in [-0.39, 0.29) is 29.0 Å². The van der Waals surface area contributed by atoms with Gasteiger partial charge in [-0.15, -0.1) is 0 Å². The Morgan fingerprint density at radius 1 is 1.33 bits per heavy atom. The van der Waals surface area contributed by atoms with Gasteiger partial charge < -0.3 is 15.6 Å². The van der Waals surface area contributed by atoms with Crippen LogP contribution in [0, 0.1) is 17.3 Å². The number of nitrogens with zero attached hydrogens (tertiary/aromatic N) is 2. The number of nitrogens with one attached hydrogen (secondary N) is 1. The Morgan fingerprint density at radius 2 is 1.95 bits per heavy atom. The lowest BCUT2D eigenvalue weighted by Gasteiger charge is -2.32. The summed E-state index contributed by atoms with van der Waals surface area (Å²) in [7, 11) is 0. The van der Waals surface area contributed by atoms with Gasteiger partial charge in [-0.1, -0.05) is 39.8 Å². The average Bonchev–Trinajstić information content (AvgIpc) is 2.75. The van der Waals surface area contributed by atoms with Crippen molar-refractivity contribution in [2.75, 3.05) is 6.54 Å². The molecule has 1 aromatic heterocycles. The first-order valence-corrected chi connectivity index (χ1v) is 7.03. The number of hydrogen-bond acceptors (Lipinski definition) is 5. The maximum Gasteiger partial charge on any atom is 0.315 e. The van der Waals surface area contributed by atoms with Gasteiger partial charge in [0.05, 0.1) is 0 Å². The molecule has 7 nitrogen and oxygen atoms in total. The molecule has 0 saturated heterocycles. The molecule has 118 valence electrons. The van der Waals surface area contributed by atoms with Gasteiger partial charge >= 0.3 is 11.8 Å². The van der Waals surface area contributed by atoms with Crippen LogP contribution in [-0.2, 0) is 11.2 Å². The molecule has 21 heavy (non-hydrogen) atoms. The van der Waals surface area contributed by atoms with Gasteiger partial charge in [0.25, 0.3) is 0 Å². The molecule has 1 heterocycles. The number of primary amides is 1. The fraction of sp³-hybridized carbons (Fsp3) is 0.714. The summed E-state index contributed by atoms with van der Waals surface area (Å²) < 4.78 is 4.68. The van der Waals surface area contributed by atoms with E-state index in [1.54, 1.807) is 0 Å². The lowest BCUT2D eigenvalue weighted by atomic mass is 9.74. The fourth-order valence-corrected chi connectivity index (χ4v) is 2.56. The number of carbonyl (C=O) groups is 2. The van der Waals surface area contributed by atoms with Gasteiger partial charge in [-0.25, -0.2) is 0 Å². The first-order chi connectivity index (χ1) is 9.62. The molecule has 0 spiro atoms. The van der Waals surface area contributed by atoms with Crippen molar-refractivity contribution in [2.45, 2.75) is 41.0 Å². The summed E-state index contributed by atoms with van der Waals surface area (Å²) >= 11 is 0. The summed E-state index contributed by atoms with van der Waals surface area (Å²) in [5.41, 5.74) is 4.91. The highest BCUT2D eigenvalue weighted by Crippen LogP contribution is 2.32. The molecule has 0 aliphatic rings. The zero-order valence-corrected chi connectivity index (χ0v) is 13.3. The molecule has 2 amide bonds. The van der Waals surface area contributed by atoms with Crippen molar-refractivity contribution in [1.82, 2.24) is 15.5 Å². The smallest absolute Gasteiger partial charge is 0.315 e. The highest BCUT2D eigenvalue weighted by molar-refractivity contribution is 5.87. The summed E-state index contributed by atoms with van der Waals surface area (Å²) in [4.78, 5) is 26.9. The second-order valence-corrected chi connectivity index (χ2v) is 6.51. The minimum Gasteiger partial charge on any atom is -0.361 e. The van der Waals surface area contributed by atoms with Crippen molar-refractivity contribution >= 4 is 11.8 Å². The first kappa shape index (κ1) is 17.1. The van der Waals surface area contributed by atoms with Crippen LogP contribution in [0.1, 0.15) is 51.1 Å². The lowest BCUT2D eigenvalue weighted by molar-refractivity contribution is -0.130. The zero-order chi connectivity index (χ0) is 16.2. The monoisotopic (exact) mass is 296 g/mol. The molecule has 0 fully saturated rings. The molecule has 1 rings (SSSR count). The van der Waals surface area contributed by atoms with Crippen LogP contribution in [0.4, 0.5) is 0 Å². The third kappa shape index (κ3) is 4.84. The van der Waals surface area contributed by atoms with Gasteiger partial charge in [0.2, 0.25) is 5.91 Å². The Morgan fingerprint density at radius 3 is 2.38 bits per heavy atom. The van der Waals surface area contributed by atoms with Gasteiger partial charge in [0.1, 0.15) is 0 Å². The maximum atomic E-state index is 12.3. The van der Waals surface area contributed by atoms with Crippen LogP contribution in [0.15, 0.2) is 4.52 Å². The summed E-state index contributed by atoms with van der Waals surface area (Å²) in [6.45, 7) is 10.6. The van der Waals surface area contributed by atoms with Crippen molar-refractivity contribution in [2.24, 2.45) is 23.0 Å². The summed E-state index contributed by atoms with van der Waals surface area (Å²) in [6, 6.07) is 0. The molecular weight excluding hydrogens is 272 g/mol. The number of carbonyl (C=O) groups excluding carboxylic acids is 2. The van der Waals surface area contributed by atoms with E-state index in [4.69, 9.17) is 5.73 Å². The number of nitrogens with two attached hydrogens (primary N) is 1. The van der Waals surface area contributed by atoms with Gasteiger partial charge in [-0.3, -0.25) is 9.59 Å². The van der Waals surface area contributed by atoms with Crippen molar-refractivity contribution in [3.05, 3.63) is 11.7 Å². The molecule has 3 N–H and O–H groups in total. The normalized spacial score (nSPS) is 13.2. The molecule has 1 unspecified atom stereocenters. The lowest BCUT2D eigenvalue weighted by Crippen LogP contribution is -2.41. The van der Waals surface area contributed by atoms with Crippen LogP contribution >= 0.6 is 0 Å². The van der Waals surface area contributed by atoms with Gasteiger partial charge in [-0.2, -0.15) is 4.98 Å². The van der Waals surface area contributed by atoms with E-state index >= 15 is 0 Å². The SMILES string of the molecule is CC(C)C(C(=O)NCCc1noc(C(N)=O)n1)C(C)(C)C. The second kappa shape index (κ2) is 6.69. The van der Waals surface area contributed by atoms with Crippen molar-refractivity contribution in [3.8, 4) is 0 Å². The van der Waals surface area contributed by atoms with Crippen LogP contribution < -0.4 is 11.1 Å². The largest absolute Gasteiger partial charge is 0.361 e. The minimum atomic E-state index is -0.759. The first-order valence-electron chi connectivity index (χ1n) is 7.03. The minimum absolute atomic E-state index is 0.0103. The predicted octanol–water partition coefficient (Wildman–Crippen LogP) is 1.15. The molecule has 0 saturated carbocycles. The third-order valence-corrected chi connectivity index (χ3v) is 3.21. The summed E-state index contributed by atoms with van der Waals surface area (Å²) in [5, 5.41) is 6.51. The van der Waals surface area contributed by atoms with Crippen molar-refractivity contribution in [3.63, 3.8) is 0 Å². The van der Waals surface area contributed by atoms with Crippen LogP contribution in [0.5, 0.6) is 0 Å². The maximum absolute atomic E-state index is 12.3. The molecule has 1 atom stereocenters. The van der Waals surface area contributed by atoms with Crippen molar-refractivity contribution in [1.29, 1.82) is 0 Å². The number of rotatable bonds is 6. The number of aromatic nitrogens is 2. The number of hydrogen-bond donors (Lipinski definition) is 2. The Hall–Kier alpha value is -1.92. The fourth-order valence-electron chi connectivity index (χ4n) is 2.56. The molecule has 1 aromatic rings. The highest BCUT2D eigenvalue weighted by Gasteiger charge is 2.33. The van der Waals surface area contributed by atoms with E-state index in [2.05, 4.69) is 40.8 Å². The van der Waals surface area contributed by atoms with E-state index in [0.717, 1.165) is 0 Å². The molecule has 0 aliphatic carbocycles. The average molecular weight is 296 g/mol. The Balaban J connectivity index is 2.54. The van der Waals surface area contributed by atoms with Gasteiger partial charge in [0.15, 0.2) is 5.82 Å². The van der Waals surface area contributed by atoms with Gasteiger partial charge in [0, 0.05) is 18.9 Å². The third-order valence-electron chi connectivity index (χ3n) is 3.21. The molecular formula is C14H24N4O3. The van der Waals surface area contributed by atoms with Gasteiger partial charge in [-0.05, 0) is 11.3 Å². The molecule has 0 bridgehead atoms. The summed E-state index contributed by atoms with van der Waals surface area (Å²) in [6.07, 6.45) is 0.386. The molecule has 7 heteroatoms. The number of amides is 2. The molecule has 0 radical (unpaired) electrons. The molecule has 0 aromatic carbocycles. The summed E-state index contributed by atoms with van der Waals surface area (Å²) in [5.74, 6) is -0.450. The predicted molar refractivity (Wildman–Crippen MR) is 77.3 cm³/mol. The van der Waals surface area contributed by atoms with Crippen LogP contribution in [0.2, 0.25) is 0 Å².